The number of hydrogen-bond acceptors (Lipinski definition) is 4. The molecule has 1 heterocycles. The van der Waals surface area contributed by atoms with Crippen LogP contribution in [-0.2, 0) is 11.3 Å². The van der Waals surface area contributed by atoms with Gasteiger partial charge in [0.2, 0.25) is 0 Å². The molecule has 0 radical (unpaired) electrons. The van der Waals surface area contributed by atoms with Gasteiger partial charge in [0.15, 0.2) is 0 Å². The third-order valence-corrected chi connectivity index (χ3v) is 4.50. The summed E-state index contributed by atoms with van der Waals surface area (Å²) < 4.78 is 6.70. The SMILES string of the molecule is O=C(OCc1cn(-c2ccc(Cl)c(Cl)c2)nn1)c1ccc(Cl)cc1Cl. The van der Waals surface area contributed by atoms with Gasteiger partial charge in [0, 0.05) is 5.02 Å². The molecule has 0 atom stereocenters. The molecule has 1 aromatic heterocycles. The normalized spacial score (nSPS) is 10.7. The Bertz CT molecular complexity index is 943. The first kappa shape index (κ1) is 18.0. The number of carbonyl (C=O) groups excluding carboxylic acids is 1. The van der Waals surface area contributed by atoms with E-state index in [1.165, 1.54) is 16.8 Å². The number of ether oxygens (including phenoxy) is 1. The zero-order valence-electron chi connectivity index (χ0n) is 12.4. The average molecular weight is 417 g/mol. The Labute approximate surface area is 163 Å². The van der Waals surface area contributed by atoms with Crippen LogP contribution in [-0.4, -0.2) is 21.0 Å². The van der Waals surface area contributed by atoms with Crippen molar-refractivity contribution in [3.63, 3.8) is 0 Å². The minimum Gasteiger partial charge on any atom is -0.455 e. The van der Waals surface area contributed by atoms with Crippen molar-refractivity contribution in [1.82, 2.24) is 15.0 Å². The van der Waals surface area contributed by atoms with Crippen molar-refractivity contribution in [3.8, 4) is 5.69 Å². The molecule has 0 saturated carbocycles. The first-order valence-electron chi connectivity index (χ1n) is 6.93. The number of rotatable bonds is 4. The Morgan fingerprint density at radius 1 is 1.00 bits per heavy atom. The van der Waals surface area contributed by atoms with E-state index in [2.05, 4.69) is 10.3 Å². The topological polar surface area (TPSA) is 57.0 Å². The predicted octanol–water partition coefficient (Wildman–Crippen LogP) is 5.24. The highest BCUT2D eigenvalue weighted by molar-refractivity contribution is 6.42. The van der Waals surface area contributed by atoms with Gasteiger partial charge in [0.05, 0.1) is 32.5 Å². The lowest BCUT2D eigenvalue weighted by Gasteiger charge is -2.05. The molecule has 128 valence electrons. The van der Waals surface area contributed by atoms with E-state index in [0.29, 0.717) is 26.4 Å². The summed E-state index contributed by atoms with van der Waals surface area (Å²) in [6.07, 6.45) is 1.62. The Morgan fingerprint density at radius 3 is 2.52 bits per heavy atom. The van der Waals surface area contributed by atoms with Crippen LogP contribution in [0.4, 0.5) is 0 Å². The van der Waals surface area contributed by atoms with Crippen LogP contribution in [0.15, 0.2) is 42.6 Å². The average Bonchev–Trinajstić information content (AvgIpc) is 3.04. The highest BCUT2D eigenvalue weighted by Crippen LogP contribution is 2.24. The summed E-state index contributed by atoms with van der Waals surface area (Å²) in [5.74, 6) is -0.578. The minimum atomic E-state index is -0.578. The van der Waals surface area contributed by atoms with Crippen LogP contribution in [0.3, 0.4) is 0 Å². The molecule has 0 unspecified atom stereocenters. The number of carbonyl (C=O) groups is 1. The Balaban J connectivity index is 1.69. The minimum absolute atomic E-state index is 0.0564. The van der Waals surface area contributed by atoms with E-state index >= 15 is 0 Å². The molecule has 0 bridgehead atoms. The molecule has 0 saturated heterocycles. The third-order valence-electron chi connectivity index (χ3n) is 3.21. The third kappa shape index (κ3) is 4.25. The standard InChI is InChI=1S/C16H9Cl4N3O2/c17-9-1-3-12(14(19)5-9)16(24)25-8-10-7-23(22-21-10)11-2-4-13(18)15(20)6-11/h1-7H,8H2. The fourth-order valence-electron chi connectivity index (χ4n) is 1.99. The molecule has 0 aliphatic carbocycles. The van der Waals surface area contributed by atoms with Crippen LogP contribution < -0.4 is 0 Å². The molecule has 3 aromatic rings. The molecule has 5 nitrogen and oxygen atoms in total. The fourth-order valence-corrected chi connectivity index (χ4v) is 2.77. The van der Waals surface area contributed by atoms with E-state index < -0.39 is 5.97 Å². The van der Waals surface area contributed by atoms with Gasteiger partial charge in [-0.15, -0.1) is 5.10 Å². The lowest BCUT2D eigenvalue weighted by atomic mass is 10.2. The van der Waals surface area contributed by atoms with Crippen molar-refractivity contribution in [2.24, 2.45) is 0 Å². The van der Waals surface area contributed by atoms with Crippen molar-refractivity contribution in [2.45, 2.75) is 6.61 Å². The monoisotopic (exact) mass is 415 g/mol. The lowest BCUT2D eigenvalue weighted by molar-refractivity contribution is 0.0468. The molecule has 0 aliphatic rings. The molecule has 9 heteroatoms. The molecule has 25 heavy (non-hydrogen) atoms. The predicted molar refractivity (Wildman–Crippen MR) is 97.0 cm³/mol. The highest BCUT2D eigenvalue weighted by Gasteiger charge is 2.13. The van der Waals surface area contributed by atoms with Gasteiger partial charge in [-0.2, -0.15) is 0 Å². The summed E-state index contributed by atoms with van der Waals surface area (Å²) in [5.41, 5.74) is 1.37. The van der Waals surface area contributed by atoms with Gasteiger partial charge in [-0.3, -0.25) is 0 Å². The summed E-state index contributed by atoms with van der Waals surface area (Å²) in [6.45, 7) is -0.0564. The maximum absolute atomic E-state index is 12.1. The summed E-state index contributed by atoms with van der Waals surface area (Å²) in [5, 5.41) is 9.42. The maximum atomic E-state index is 12.1. The highest BCUT2D eigenvalue weighted by atomic mass is 35.5. The number of benzene rings is 2. The largest absolute Gasteiger partial charge is 0.455 e. The van der Waals surface area contributed by atoms with Gasteiger partial charge in [-0.05, 0) is 36.4 Å². The van der Waals surface area contributed by atoms with Gasteiger partial charge >= 0.3 is 5.97 Å². The van der Waals surface area contributed by atoms with Crippen molar-refractivity contribution in [1.29, 1.82) is 0 Å². The second-order valence-corrected chi connectivity index (χ2v) is 6.61. The summed E-state index contributed by atoms with van der Waals surface area (Å²) in [6, 6.07) is 9.58. The summed E-state index contributed by atoms with van der Waals surface area (Å²) in [4.78, 5) is 12.1. The zero-order valence-corrected chi connectivity index (χ0v) is 15.4. The summed E-state index contributed by atoms with van der Waals surface area (Å²) >= 11 is 23.6. The van der Waals surface area contributed by atoms with E-state index in [-0.39, 0.29) is 17.2 Å². The maximum Gasteiger partial charge on any atom is 0.340 e. The van der Waals surface area contributed by atoms with Crippen LogP contribution in [0.1, 0.15) is 16.1 Å². The molecule has 0 amide bonds. The van der Waals surface area contributed by atoms with Crippen molar-refractivity contribution in [3.05, 3.63) is 73.9 Å². The Kier molecular flexibility index (Phi) is 5.49. The molecular weight excluding hydrogens is 408 g/mol. The molecule has 0 N–H and O–H groups in total. The number of hydrogen-bond donors (Lipinski definition) is 0. The first-order valence-corrected chi connectivity index (χ1v) is 8.44. The molecule has 0 fully saturated rings. The van der Waals surface area contributed by atoms with E-state index in [9.17, 15) is 4.79 Å². The number of esters is 1. The fraction of sp³-hybridized carbons (Fsp3) is 0.0625. The molecule has 2 aromatic carbocycles. The second-order valence-electron chi connectivity index (χ2n) is 4.95. The second kappa shape index (κ2) is 7.62. The zero-order chi connectivity index (χ0) is 18.0. The van der Waals surface area contributed by atoms with Gasteiger partial charge in [-0.25, -0.2) is 9.48 Å². The Hall–Kier alpha value is -1.79. The molecule has 3 rings (SSSR count). The number of halogens is 4. The first-order chi connectivity index (χ1) is 11.9. The van der Waals surface area contributed by atoms with Crippen molar-refractivity contribution < 1.29 is 9.53 Å². The van der Waals surface area contributed by atoms with E-state index in [0.717, 1.165) is 0 Å². The van der Waals surface area contributed by atoms with Gasteiger partial charge in [0.1, 0.15) is 12.3 Å². The summed E-state index contributed by atoms with van der Waals surface area (Å²) in [7, 11) is 0. The van der Waals surface area contributed by atoms with Crippen LogP contribution in [0.5, 0.6) is 0 Å². The quantitative estimate of drug-likeness (QED) is 0.545. The number of aromatic nitrogens is 3. The lowest BCUT2D eigenvalue weighted by Crippen LogP contribution is -2.06. The van der Waals surface area contributed by atoms with Gasteiger partial charge in [-0.1, -0.05) is 51.6 Å². The smallest absolute Gasteiger partial charge is 0.340 e. The van der Waals surface area contributed by atoms with Gasteiger partial charge in [0.25, 0.3) is 0 Å². The van der Waals surface area contributed by atoms with E-state index in [1.54, 1.807) is 30.5 Å². The van der Waals surface area contributed by atoms with Crippen LogP contribution in [0.25, 0.3) is 5.69 Å². The van der Waals surface area contributed by atoms with Crippen LogP contribution >= 0.6 is 46.4 Å². The molecule has 0 aliphatic heterocycles. The van der Waals surface area contributed by atoms with Crippen molar-refractivity contribution >= 4 is 52.4 Å². The van der Waals surface area contributed by atoms with Gasteiger partial charge < -0.3 is 4.74 Å². The van der Waals surface area contributed by atoms with E-state index in [4.69, 9.17) is 51.1 Å². The molecular formula is C16H9Cl4N3O2. The number of nitrogens with zero attached hydrogens (tertiary/aromatic N) is 3. The van der Waals surface area contributed by atoms with Crippen LogP contribution in [0, 0.1) is 0 Å². The van der Waals surface area contributed by atoms with Crippen LogP contribution in [0.2, 0.25) is 20.1 Å². The van der Waals surface area contributed by atoms with Crippen molar-refractivity contribution in [2.75, 3.05) is 0 Å². The van der Waals surface area contributed by atoms with E-state index in [1.807, 2.05) is 0 Å². The molecule has 0 spiro atoms. The Morgan fingerprint density at radius 2 is 1.80 bits per heavy atom.